The molecule has 3 N–H and O–H groups in total. The topological polar surface area (TPSA) is 96.4 Å². The first-order valence-corrected chi connectivity index (χ1v) is 6.89. The van der Waals surface area contributed by atoms with Crippen LogP contribution in [0.5, 0.6) is 0 Å². The van der Waals surface area contributed by atoms with Gasteiger partial charge in [0.25, 0.3) is 5.91 Å². The zero-order valence-electron chi connectivity index (χ0n) is 12.0. The summed E-state index contributed by atoms with van der Waals surface area (Å²) >= 11 is 0. The number of ether oxygens (including phenoxy) is 1. The Hall–Kier alpha value is -2.51. The van der Waals surface area contributed by atoms with Gasteiger partial charge in [0, 0.05) is 18.9 Å². The van der Waals surface area contributed by atoms with Gasteiger partial charge in [-0.05, 0) is 24.3 Å². The standard InChI is InChI=1S/C15H18N4O3/c20-7-9-22-8-6-17-14-4-3-13(11-18-14)19-15(21)12-2-1-5-16-10-12/h1-5,10-11,20H,6-9H2,(H,17,18)(H,19,21). The third kappa shape index (κ3) is 5.12. The number of rotatable bonds is 8. The van der Waals surface area contributed by atoms with Crippen molar-refractivity contribution in [2.75, 3.05) is 37.0 Å². The first kappa shape index (κ1) is 15.9. The molecule has 0 radical (unpaired) electrons. The van der Waals surface area contributed by atoms with Crippen LogP contribution in [0, 0.1) is 0 Å². The maximum Gasteiger partial charge on any atom is 0.257 e. The molecule has 0 aliphatic carbocycles. The maximum absolute atomic E-state index is 11.9. The molecule has 22 heavy (non-hydrogen) atoms. The van der Waals surface area contributed by atoms with E-state index in [9.17, 15) is 4.79 Å². The summed E-state index contributed by atoms with van der Waals surface area (Å²) in [4.78, 5) is 20.0. The van der Waals surface area contributed by atoms with E-state index >= 15 is 0 Å². The van der Waals surface area contributed by atoms with Crippen molar-refractivity contribution in [1.82, 2.24) is 9.97 Å². The lowest BCUT2D eigenvalue weighted by Gasteiger charge is -2.08. The van der Waals surface area contributed by atoms with Gasteiger partial charge < -0.3 is 20.5 Å². The van der Waals surface area contributed by atoms with Crippen LogP contribution in [0.3, 0.4) is 0 Å². The fourth-order valence-corrected chi connectivity index (χ4v) is 1.69. The molecule has 2 aromatic rings. The van der Waals surface area contributed by atoms with E-state index in [1.54, 1.807) is 36.7 Å². The fourth-order valence-electron chi connectivity index (χ4n) is 1.69. The first-order chi connectivity index (χ1) is 10.8. The largest absolute Gasteiger partial charge is 0.394 e. The number of carbonyl (C=O) groups is 1. The van der Waals surface area contributed by atoms with E-state index < -0.39 is 0 Å². The second kappa shape index (κ2) is 8.71. The Balaban J connectivity index is 1.80. The zero-order chi connectivity index (χ0) is 15.6. The van der Waals surface area contributed by atoms with Gasteiger partial charge in [-0.15, -0.1) is 0 Å². The molecular weight excluding hydrogens is 284 g/mol. The summed E-state index contributed by atoms with van der Waals surface area (Å²) in [7, 11) is 0. The molecule has 0 saturated heterocycles. The van der Waals surface area contributed by atoms with Gasteiger partial charge in [-0.3, -0.25) is 9.78 Å². The lowest BCUT2D eigenvalue weighted by Crippen LogP contribution is -2.13. The van der Waals surface area contributed by atoms with Crippen molar-refractivity contribution in [3.05, 3.63) is 48.4 Å². The van der Waals surface area contributed by atoms with Crippen molar-refractivity contribution >= 4 is 17.4 Å². The molecule has 0 atom stereocenters. The summed E-state index contributed by atoms with van der Waals surface area (Å²) in [6, 6.07) is 6.93. The third-order valence-electron chi connectivity index (χ3n) is 2.73. The molecule has 0 aliphatic rings. The van der Waals surface area contributed by atoms with Crippen LogP contribution >= 0.6 is 0 Å². The number of nitrogens with zero attached hydrogens (tertiary/aromatic N) is 2. The highest BCUT2D eigenvalue weighted by atomic mass is 16.5. The van der Waals surface area contributed by atoms with Gasteiger partial charge in [-0.25, -0.2) is 4.98 Å². The number of amides is 1. The molecule has 0 unspecified atom stereocenters. The predicted molar refractivity (Wildman–Crippen MR) is 82.8 cm³/mol. The fraction of sp³-hybridized carbons (Fsp3) is 0.267. The van der Waals surface area contributed by atoms with Crippen molar-refractivity contribution < 1.29 is 14.6 Å². The number of aliphatic hydroxyl groups excluding tert-OH is 1. The van der Waals surface area contributed by atoms with Crippen molar-refractivity contribution in [1.29, 1.82) is 0 Å². The number of aliphatic hydroxyl groups is 1. The van der Waals surface area contributed by atoms with Crippen LogP contribution in [0.2, 0.25) is 0 Å². The van der Waals surface area contributed by atoms with Crippen LogP contribution in [0.25, 0.3) is 0 Å². The summed E-state index contributed by atoms with van der Waals surface area (Å²) in [6.07, 6.45) is 4.69. The molecule has 0 aliphatic heterocycles. The van der Waals surface area contributed by atoms with E-state index in [1.165, 1.54) is 6.20 Å². The van der Waals surface area contributed by atoms with Gasteiger partial charge >= 0.3 is 0 Å². The van der Waals surface area contributed by atoms with Crippen molar-refractivity contribution in [3.63, 3.8) is 0 Å². The Bertz CT molecular complexity index is 575. The second-order valence-electron chi connectivity index (χ2n) is 4.39. The van der Waals surface area contributed by atoms with Crippen molar-refractivity contribution in [2.24, 2.45) is 0 Å². The first-order valence-electron chi connectivity index (χ1n) is 6.89. The number of anilines is 2. The highest BCUT2D eigenvalue weighted by Crippen LogP contribution is 2.11. The molecule has 2 rings (SSSR count). The van der Waals surface area contributed by atoms with E-state index in [0.717, 1.165) is 0 Å². The van der Waals surface area contributed by atoms with Crippen LogP contribution < -0.4 is 10.6 Å². The van der Waals surface area contributed by atoms with Crippen LogP contribution in [0.1, 0.15) is 10.4 Å². The minimum absolute atomic E-state index is 0.0174. The highest BCUT2D eigenvalue weighted by Gasteiger charge is 2.05. The molecule has 2 aromatic heterocycles. The van der Waals surface area contributed by atoms with E-state index in [4.69, 9.17) is 9.84 Å². The minimum Gasteiger partial charge on any atom is -0.394 e. The molecule has 0 fully saturated rings. The van der Waals surface area contributed by atoms with Gasteiger partial charge in [-0.1, -0.05) is 0 Å². The Morgan fingerprint density at radius 1 is 1.23 bits per heavy atom. The number of pyridine rings is 2. The molecule has 7 nitrogen and oxygen atoms in total. The molecule has 116 valence electrons. The van der Waals surface area contributed by atoms with Crippen molar-refractivity contribution in [2.45, 2.75) is 0 Å². The average molecular weight is 302 g/mol. The van der Waals surface area contributed by atoms with E-state index in [2.05, 4.69) is 20.6 Å². The summed E-state index contributed by atoms with van der Waals surface area (Å²) in [5.74, 6) is 0.458. The average Bonchev–Trinajstić information content (AvgIpc) is 2.57. The highest BCUT2D eigenvalue weighted by molar-refractivity contribution is 6.03. The number of carbonyl (C=O) groups excluding carboxylic acids is 1. The molecule has 2 heterocycles. The second-order valence-corrected chi connectivity index (χ2v) is 4.39. The Morgan fingerprint density at radius 3 is 2.82 bits per heavy atom. The van der Waals surface area contributed by atoms with Gasteiger partial charge in [-0.2, -0.15) is 0 Å². The molecule has 0 aromatic carbocycles. The van der Waals surface area contributed by atoms with Crippen LogP contribution in [0.4, 0.5) is 11.5 Å². The van der Waals surface area contributed by atoms with Gasteiger partial charge in [0.05, 0.1) is 37.3 Å². The van der Waals surface area contributed by atoms with E-state index in [-0.39, 0.29) is 12.5 Å². The van der Waals surface area contributed by atoms with Crippen LogP contribution in [0.15, 0.2) is 42.9 Å². The molecule has 7 heteroatoms. The van der Waals surface area contributed by atoms with Crippen molar-refractivity contribution in [3.8, 4) is 0 Å². The summed E-state index contributed by atoms with van der Waals surface area (Å²) in [5, 5.41) is 14.4. The quantitative estimate of drug-likeness (QED) is 0.633. The zero-order valence-corrected chi connectivity index (χ0v) is 12.0. The Morgan fingerprint density at radius 2 is 2.14 bits per heavy atom. The lowest BCUT2D eigenvalue weighted by atomic mass is 10.2. The molecule has 0 saturated carbocycles. The number of hydrogen-bond acceptors (Lipinski definition) is 6. The monoisotopic (exact) mass is 302 g/mol. The third-order valence-corrected chi connectivity index (χ3v) is 2.73. The SMILES string of the molecule is O=C(Nc1ccc(NCCOCCO)nc1)c1cccnc1. The Labute approximate surface area is 128 Å². The Kier molecular flexibility index (Phi) is 6.28. The number of nitrogens with one attached hydrogen (secondary N) is 2. The molecule has 0 bridgehead atoms. The van der Waals surface area contributed by atoms with Gasteiger partial charge in [0.15, 0.2) is 0 Å². The molecule has 0 spiro atoms. The molecule has 1 amide bonds. The normalized spacial score (nSPS) is 10.2. The van der Waals surface area contributed by atoms with Crippen LogP contribution in [-0.2, 0) is 4.74 Å². The van der Waals surface area contributed by atoms with E-state index in [0.29, 0.717) is 36.8 Å². The minimum atomic E-state index is -0.229. The maximum atomic E-state index is 11.9. The number of hydrogen-bond donors (Lipinski definition) is 3. The number of aromatic nitrogens is 2. The smallest absolute Gasteiger partial charge is 0.257 e. The summed E-state index contributed by atoms with van der Waals surface area (Å²) < 4.78 is 5.13. The molecular formula is C15H18N4O3. The van der Waals surface area contributed by atoms with Crippen LogP contribution in [-0.4, -0.2) is 47.3 Å². The lowest BCUT2D eigenvalue weighted by molar-refractivity contribution is 0.0992. The summed E-state index contributed by atoms with van der Waals surface area (Å²) in [5.41, 5.74) is 1.10. The van der Waals surface area contributed by atoms with Gasteiger partial charge in [0.2, 0.25) is 0 Å². The van der Waals surface area contributed by atoms with Gasteiger partial charge in [0.1, 0.15) is 5.82 Å². The predicted octanol–water partition coefficient (Wildman–Crippen LogP) is 1.15. The summed E-state index contributed by atoms with van der Waals surface area (Å²) in [6.45, 7) is 1.42. The van der Waals surface area contributed by atoms with E-state index in [1.807, 2.05) is 0 Å².